The normalized spacial score (nSPS) is 14.3. The molecule has 0 unspecified atom stereocenters. The second kappa shape index (κ2) is 11.9. The van der Waals surface area contributed by atoms with Crippen molar-refractivity contribution in [3.63, 3.8) is 0 Å². The minimum atomic E-state index is -0.356. The number of carbonyl (C=O) groups is 3. The van der Waals surface area contributed by atoms with E-state index in [1.165, 1.54) is 4.90 Å². The molecule has 1 heterocycles. The second-order valence-electron chi connectivity index (χ2n) is 7.89. The molecule has 3 aromatic carbocycles. The maximum absolute atomic E-state index is 12.7. The molecule has 9 heteroatoms. The summed E-state index contributed by atoms with van der Waals surface area (Å²) in [5.41, 5.74) is 2.47. The molecule has 1 N–H and O–H groups in total. The van der Waals surface area contributed by atoms with E-state index in [1.807, 2.05) is 61.5 Å². The van der Waals surface area contributed by atoms with Crippen LogP contribution in [0.2, 0.25) is 0 Å². The number of aryl methyl sites for hydroxylation is 1. The van der Waals surface area contributed by atoms with Gasteiger partial charge in [-0.2, -0.15) is 0 Å². The van der Waals surface area contributed by atoms with Gasteiger partial charge in [0.25, 0.3) is 17.1 Å². The summed E-state index contributed by atoms with van der Waals surface area (Å²) in [6, 6.07) is 22.0. The zero-order valence-corrected chi connectivity index (χ0v) is 21.8. The van der Waals surface area contributed by atoms with Crippen LogP contribution in [0, 0.1) is 6.92 Å². The number of benzene rings is 3. The van der Waals surface area contributed by atoms with Crippen LogP contribution in [-0.2, 0) is 9.59 Å². The molecule has 4 rings (SSSR count). The van der Waals surface area contributed by atoms with Gasteiger partial charge in [-0.15, -0.1) is 0 Å². The van der Waals surface area contributed by atoms with E-state index in [2.05, 4.69) is 21.2 Å². The van der Waals surface area contributed by atoms with Gasteiger partial charge < -0.3 is 14.8 Å². The monoisotopic (exact) mass is 566 g/mol. The number of ether oxygens (including phenoxy) is 2. The van der Waals surface area contributed by atoms with Gasteiger partial charge in [-0.25, -0.2) is 0 Å². The molecule has 0 aliphatic carbocycles. The third-order valence-corrected chi connectivity index (χ3v) is 6.64. The molecule has 0 radical (unpaired) electrons. The Balaban J connectivity index is 1.32. The van der Waals surface area contributed by atoms with Crippen molar-refractivity contribution in [2.24, 2.45) is 0 Å². The van der Waals surface area contributed by atoms with Crippen LogP contribution in [0.5, 0.6) is 11.5 Å². The Morgan fingerprint density at radius 3 is 2.58 bits per heavy atom. The van der Waals surface area contributed by atoms with Crippen molar-refractivity contribution in [1.29, 1.82) is 0 Å². The van der Waals surface area contributed by atoms with Gasteiger partial charge in [0.15, 0.2) is 6.61 Å². The lowest BCUT2D eigenvalue weighted by Crippen LogP contribution is -2.32. The number of hydrogen-bond acceptors (Lipinski definition) is 6. The van der Waals surface area contributed by atoms with Crippen LogP contribution in [0.15, 0.2) is 82.2 Å². The highest BCUT2D eigenvalue weighted by Crippen LogP contribution is 2.33. The Kier molecular flexibility index (Phi) is 8.45. The summed E-state index contributed by atoms with van der Waals surface area (Å²) in [4.78, 5) is 38.8. The Bertz CT molecular complexity index is 1310. The predicted molar refractivity (Wildman–Crippen MR) is 144 cm³/mol. The minimum absolute atomic E-state index is 0.157. The smallest absolute Gasteiger partial charge is 0.293 e. The van der Waals surface area contributed by atoms with Crippen molar-refractivity contribution in [2.45, 2.75) is 6.92 Å². The average Bonchev–Trinajstić information content (AvgIpc) is 3.11. The number of hydrogen-bond donors (Lipinski definition) is 1. The zero-order chi connectivity index (χ0) is 25.5. The molecule has 0 atom stereocenters. The fourth-order valence-electron chi connectivity index (χ4n) is 3.40. The largest absolute Gasteiger partial charge is 0.492 e. The first-order valence-corrected chi connectivity index (χ1v) is 12.7. The third kappa shape index (κ3) is 6.77. The van der Waals surface area contributed by atoms with Gasteiger partial charge in [0.2, 0.25) is 0 Å². The fraction of sp³-hybridized carbons (Fsp3) is 0.148. The van der Waals surface area contributed by atoms with Gasteiger partial charge in [0.1, 0.15) is 18.1 Å². The molecule has 0 spiro atoms. The van der Waals surface area contributed by atoms with Crippen LogP contribution >= 0.6 is 27.7 Å². The molecule has 1 aliphatic rings. The molecule has 3 aromatic rings. The number of rotatable bonds is 9. The summed E-state index contributed by atoms with van der Waals surface area (Å²) in [6.45, 7) is 2.17. The molecule has 1 aliphatic heterocycles. The number of nitrogens with zero attached hydrogens (tertiary/aromatic N) is 1. The first-order valence-electron chi connectivity index (χ1n) is 11.1. The Labute approximate surface area is 221 Å². The van der Waals surface area contributed by atoms with E-state index < -0.39 is 0 Å². The first kappa shape index (κ1) is 25.5. The van der Waals surface area contributed by atoms with E-state index in [9.17, 15) is 14.4 Å². The van der Waals surface area contributed by atoms with Crippen molar-refractivity contribution in [1.82, 2.24) is 4.90 Å². The summed E-state index contributed by atoms with van der Waals surface area (Å²) >= 11 is 4.34. The van der Waals surface area contributed by atoms with E-state index in [1.54, 1.807) is 24.3 Å². The van der Waals surface area contributed by atoms with Gasteiger partial charge in [-0.3, -0.25) is 19.3 Å². The molecule has 0 saturated carbocycles. The lowest BCUT2D eigenvalue weighted by molar-refractivity contribution is -0.123. The van der Waals surface area contributed by atoms with Gasteiger partial charge in [0.05, 0.1) is 15.9 Å². The van der Waals surface area contributed by atoms with Crippen molar-refractivity contribution in [2.75, 3.05) is 25.1 Å². The van der Waals surface area contributed by atoms with E-state index in [-0.39, 0.29) is 36.8 Å². The number of amides is 3. The van der Waals surface area contributed by atoms with Crippen LogP contribution in [-0.4, -0.2) is 41.7 Å². The molecule has 184 valence electrons. The number of para-hydroxylation sites is 1. The fourth-order valence-corrected chi connectivity index (χ4v) is 4.78. The Morgan fingerprint density at radius 1 is 1.03 bits per heavy atom. The van der Waals surface area contributed by atoms with Crippen LogP contribution in [0.4, 0.5) is 10.5 Å². The van der Waals surface area contributed by atoms with E-state index in [4.69, 9.17) is 9.47 Å². The van der Waals surface area contributed by atoms with Gasteiger partial charge in [-0.05, 0) is 88.2 Å². The molecule has 7 nitrogen and oxygen atoms in total. The lowest BCUT2D eigenvalue weighted by Gasteiger charge is -2.13. The van der Waals surface area contributed by atoms with E-state index in [0.717, 1.165) is 17.3 Å². The number of halogens is 1. The molecule has 1 saturated heterocycles. The second-order valence-corrected chi connectivity index (χ2v) is 9.74. The summed E-state index contributed by atoms with van der Waals surface area (Å²) < 4.78 is 11.9. The standard InChI is InChI=1S/C27H23BrN2O5S/c1-18-6-5-7-20(14-18)29-25(31)17-35-23-11-10-19(15-22(23)28)16-24-26(32)30(27(33)36-24)12-13-34-21-8-3-2-4-9-21/h2-11,14-16H,12-13,17H2,1H3,(H,29,31)/b24-16-. The molecule has 0 bridgehead atoms. The quantitative estimate of drug-likeness (QED) is 0.325. The van der Waals surface area contributed by atoms with Gasteiger partial charge >= 0.3 is 0 Å². The van der Waals surface area contributed by atoms with E-state index >= 15 is 0 Å². The van der Waals surface area contributed by atoms with Crippen LogP contribution in [0.1, 0.15) is 11.1 Å². The lowest BCUT2D eigenvalue weighted by atomic mass is 10.2. The summed E-state index contributed by atoms with van der Waals surface area (Å²) in [5, 5.41) is 2.46. The maximum atomic E-state index is 12.7. The zero-order valence-electron chi connectivity index (χ0n) is 19.4. The number of carbonyl (C=O) groups excluding carboxylic acids is 3. The van der Waals surface area contributed by atoms with Crippen LogP contribution in [0.25, 0.3) is 6.08 Å². The maximum Gasteiger partial charge on any atom is 0.293 e. The third-order valence-electron chi connectivity index (χ3n) is 5.11. The minimum Gasteiger partial charge on any atom is -0.492 e. The SMILES string of the molecule is Cc1cccc(NC(=O)COc2ccc(/C=C3\SC(=O)N(CCOc4ccccc4)C3=O)cc2Br)c1. The molecule has 3 amide bonds. The van der Waals surface area contributed by atoms with Gasteiger partial charge in [0, 0.05) is 5.69 Å². The first-order chi connectivity index (χ1) is 17.4. The number of anilines is 1. The number of thioether (sulfide) groups is 1. The molecule has 0 aromatic heterocycles. The molecular weight excluding hydrogens is 544 g/mol. The molecular formula is C27H23BrN2O5S. The summed E-state index contributed by atoms with van der Waals surface area (Å²) in [6.07, 6.45) is 1.65. The number of nitrogens with one attached hydrogen (secondary N) is 1. The van der Waals surface area contributed by atoms with E-state index in [0.29, 0.717) is 32.1 Å². The highest BCUT2D eigenvalue weighted by atomic mass is 79.9. The van der Waals surface area contributed by atoms with Crippen LogP contribution in [0.3, 0.4) is 0 Å². The summed E-state index contributed by atoms with van der Waals surface area (Å²) in [7, 11) is 0. The Morgan fingerprint density at radius 2 is 1.83 bits per heavy atom. The van der Waals surface area contributed by atoms with Gasteiger partial charge in [-0.1, -0.05) is 36.4 Å². The highest BCUT2D eigenvalue weighted by Gasteiger charge is 2.34. The summed E-state index contributed by atoms with van der Waals surface area (Å²) in [5.74, 6) is 0.532. The number of imide groups is 1. The predicted octanol–water partition coefficient (Wildman–Crippen LogP) is 5.89. The Hall–Kier alpha value is -3.56. The topological polar surface area (TPSA) is 84.9 Å². The highest BCUT2D eigenvalue weighted by molar-refractivity contribution is 9.10. The van der Waals surface area contributed by atoms with Crippen molar-refractivity contribution in [3.8, 4) is 11.5 Å². The van der Waals surface area contributed by atoms with Crippen molar-refractivity contribution >= 4 is 56.5 Å². The average molecular weight is 567 g/mol. The molecule has 36 heavy (non-hydrogen) atoms. The van der Waals surface area contributed by atoms with Crippen molar-refractivity contribution in [3.05, 3.63) is 93.3 Å². The molecule has 1 fully saturated rings. The van der Waals surface area contributed by atoms with Crippen molar-refractivity contribution < 1.29 is 23.9 Å². The van der Waals surface area contributed by atoms with Crippen LogP contribution < -0.4 is 14.8 Å².